The standard InChI is InChI=1S/C20H21F3N6OS/c1-27-8-12(7-26-27)9-29-16-10-28(3-2-13(16)4-17(29)30)18-15-5-14(6-20(21,22)23)31-19(15)25-11-24-18/h5,7-8,11,13,16H,2-4,6,9-10H2,1H3/t13-,16-/m0/s1. The van der Waals surface area contributed by atoms with Crippen molar-refractivity contribution in [3.8, 4) is 0 Å². The fourth-order valence-corrected chi connectivity index (χ4v) is 5.70. The van der Waals surface area contributed by atoms with Crippen LogP contribution in [-0.2, 0) is 24.8 Å². The highest BCUT2D eigenvalue weighted by atomic mass is 32.1. The molecule has 2 atom stereocenters. The second-order valence-corrected chi connectivity index (χ2v) is 9.35. The lowest BCUT2D eigenvalue weighted by Gasteiger charge is -2.39. The lowest BCUT2D eigenvalue weighted by molar-refractivity contribution is -0.129. The van der Waals surface area contributed by atoms with Gasteiger partial charge in [0, 0.05) is 49.7 Å². The Bertz CT molecular complexity index is 1130. The Hall–Kier alpha value is -2.69. The number of likely N-dealkylation sites (tertiary alicyclic amines) is 1. The highest BCUT2D eigenvalue weighted by Gasteiger charge is 2.43. The normalized spacial score (nSPS) is 21.9. The molecule has 31 heavy (non-hydrogen) atoms. The molecule has 2 saturated heterocycles. The summed E-state index contributed by atoms with van der Waals surface area (Å²) in [5.74, 6) is 1.06. The molecule has 1 amide bonds. The molecule has 7 nitrogen and oxygen atoms in total. The van der Waals surface area contributed by atoms with Gasteiger partial charge in [-0.25, -0.2) is 9.97 Å². The zero-order valence-corrected chi connectivity index (χ0v) is 17.7. The lowest BCUT2D eigenvalue weighted by atomic mass is 9.92. The van der Waals surface area contributed by atoms with E-state index in [1.54, 1.807) is 16.9 Å². The van der Waals surface area contributed by atoms with Gasteiger partial charge in [0.1, 0.15) is 17.0 Å². The minimum absolute atomic E-state index is 0.0414. The smallest absolute Gasteiger partial charge is 0.354 e. The predicted octanol–water partition coefficient (Wildman–Crippen LogP) is 3.16. The van der Waals surface area contributed by atoms with Crippen LogP contribution >= 0.6 is 11.3 Å². The molecule has 0 saturated carbocycles. The zero-order chi connectivity index (χ0) is 21.8. The molecule has 5 rings (SSSR count). The van der Waals surface area contributed by atoms with Crippen LogP contribution in [0, 0.1) is 5.92 Å². The van der Waals surface area contributed by atoms with Crippen molar-refractivity contribution in [1.29, 1.82) is 0 Å². The minimum atomic E-state index is -4.26. The van der Waals surface area contributed by atoms with Gasteiger partial charge in [-0.05, 0) is 18.4 Å². The Labute approximate surface area is 180 Å². The van der Waals surface area contributed by atoms with Crippen molar-refractivity contribution in [2.75, 3.05) is 18.0 Å². The van der Waals surface area contributed by atoms with Crippen LogP contribution in [0.3, 0.4) is 0 Å². The number of hydrogen-bond donors (Lipinski definition) is 0. The third kappa shape index (κ3) is 3.98. The van der Waals surface area contributed by atoms with Crippen molar-refractivity contribution in [3.05, 3.63) is 35.2 Å². The molecule has 0 bridgehead atoms. The summed E-state index contributed by atoms with van der Waals surface area (Å²) >= 11 is 1.06. The van der Waals surface area contributed by atoms with Crippen LogP contribution in [0.15, 0.2) is 24.8 Å². The molecule has 0 spiro atoms. The number of fused-ring (bicyclic) bond motifs is 2. The van der Waals surface area contributed by atoms with E-state index in [0.29, 0.717) is 42.1 Å². The number of anilines is 1. The molecule has 0 aliphatic carbocycles. The number of halogens is 3. The largest absolute Gasteiger partial charge is 0.393 e. The van der Waals surface area contributed by atoms with Crippen LogP contribution in [0.5, 0.6) is 0 Å². The molecule has 2 fully saturated rings. The fourth-order valence-electron chi connectivity index (χ4n) is 4.68. The first-order valence-electron chi connectivity index (χ1n) is 10.1. The Morgan fingerprint density at radius 2 is 2.13 bits per heavy atom. The molecule has 3 aromatic rings. The Morgan fingerprint density at radius 3 is 2.87 bits per heavy atom. The number of rotatable bonds is 4. The number of nitrogens with zero attached hydrogens (tertiary/aromatic N) is 6. The molecule has 164 valence electrons. The van der Waals surface area contributed by atoms with Crippen molar-refractivity contribution in [1.82, 2.24) is 24.6 Å². The van der Waals surface area contributed by atoms with E-state index in [9.17, 15) is 18.0 Å². The summed E-state index contributed by atoms with van der Waals surface area (Å²) in [6, 6.07) is 1.60. The molecule has 11 heteroatoms. The lowest BCUT2D eigenvalue weighted by Crippen LogP contribution is -2.48. The molecule has 2 aliphatic rings. The van der Waals surface area contributed by atoms with Crippen LogP contribution < -0.4 is 4.90 Å². The second-order valence-electron chi connectivity index (χ2n) is 8.23. The molecule has 5 heterocycles. The maximum atomic E-state index is 12.8. The van der Waals surface area contributed by atoms with Gasteiger partial charge < -0.3 is 9.80 Å². The molecule has 0 aromatic carbocycles. The molecule has 0 unspecified atom stereocenters. The van der Waals surface area contributed by atoms with Gasteiger partial charge in [0.2, 0.25) is 5.91 Å². The summed E-state index contributed by atoms with van der Waals surface area (Å²) in [4.78, 5) is 26.1. The van der Waals surface area contributed by atoms with Gasteiger partial charge in [-0.1, -0.05) is 0 Å². The number of carbonyl (C=O) groups excluding carboxylic acids is 1. The van der Waals surface area contributed by atoms with E-state index in [-0.39, 0.29) is 22.7 Å². The van der Waals surface area contributed by atoms with Gasteiger partial charge in [0.25, 0.3) is 0 Å². The Morgan fingerprint density at radius 1 is 1.29 bits per heavy atom. The first-order chi connectivity index (χ1) is 14.8. The van der Waals surface area contributed by atoms with Gasteiger partial charge in [-0.15, -0.1) is 11.3 Å². The number of aryl methyl sites for hydroxylation is 1. The quantitative estimate of drug-likeness (QED) is 0.611. The fraction of sp³-hybridized carbons (Fsp3) is 0.500. The third-order valence-electron chi connectivity index (χ3n) is 6.02. The van der Waals surface area contributed by atoms with Crippen LogP contribution in [0.25, 0.3) is 10.2 Å². The van der Waals surface area contributed by atoms with E-state index >= 15 is 0 Å². The van der Waals surface area contributed by atoms with Crippen molar-refractivity contribution in [3.63, 3.8) is 0 Å². The summed E-state index contributed by atoms with van der Waals surface area (Å²) in [5.41, 5.74) is 0.979. The molecular weight excluding hydrogens is 429 g/mol. The van der Waals surface area contributed by atoms with Crippen molar-refractivity contribution < 1.29 is 18.0 Å². The first-order valence-corrected chi connectivity index (χ1v) is 10.9. The van der Waals surface area contributed by atoms with Crippen molar-refractivity contribution in [2.45, 2.75) is 38.0 Å². The van der Waals surface area contributed by atoms with Crippen LogP contribution in [0.4, 0.5) is 19.0 Å². The van der Waals surface area contributed by atoms with Gasteiger partial charge in [0.05, 0.1) is 24.0 Å². The van der Waals surface area contributed by atoms with Gasteiger partial charge in [-0.2, -0.15) is 18.3 Å². The summed E-state index contributed by atoms with van der Waals surface area (Å²) in [5, 5.41) is 4.83. The third-order valence-corrected chi connectivity index (χ3v) is 7.07. The van der Waals surface area contributed by atoms with Gasteiger partial charge in [-0.3, -0.25) is 9.48 Å². The maximum Gasteiger partial charge on any atom is 0.393 e. The van der Waals surface area contributed by atoms with E-state index < -0.39 is 12.6 Å². The summed E-state index contributed by atoms with van der Waals surface area (Å²) < 4.78 is 40.3. The van der Waals surface area contributed by atoms with Gasteiger partial charge in [0.15, 0.2) is 0 Å². The highest BCUT2D eigenvalue weighted by molar-refractivity contribution is 7.18. The summed E-state index contributed by atoms with van der Waals surface area (Å²) in [6.07, 6.45) is 1.22. The Balaban J connectivity index is 1.40. The maximum absolute atomic E-state index is 12.8. The first kappa shape index (κ1) is 20.2. The number of alkyl halides is 3. The van der Waals surface area contributed by atoms with Crippen LogP contribution in [-0.4, -0.2) is 55.9 Å². The monoisotopic (exact) mass is 450 g/mol. The topological polar surface area (TPSA) is 67.2 Å². The number of aromatic nitrogens is 4. The number of thiophene rings is 1. The van der Waals surface area contributed by atoms with Crippen LogP contribution in [0.2, 0.25) is 0 Å². The highest BCUT2D eigenvalue weighted by Crippen LogP contribution is 2.38. The summed E-state index contributed by atoms with van der Waals surface area (Å²) in [6.45, 7) is 1.83. The molecule has 2 aliphatic heterocycles. The summed E-state index contributed by atoms with van der Waals surface area (Å²) in [7, 11) is 1.84. The van der Waals surface area contributed by atoms with E-state index in [1.165, 1.54) is 6.33 Å². The molecule has 0 N–H and O–H groups in total. The van der Waals surface area contributed by atoms with Crippen molar-refractivity contribution >= 4 is 33.3 Å². The average Bonchev–Trinajstić information content (AvgIpc) is 3.37. The molecular formula is C20H21F3N6OS. The number of amides is 1. The van der Waals surface area contributed by atoms with E-state index in [2.05, 4.69) is 20.0 Å². The molecule has 0 radical (unpaired) electrons. The van der Waals surface area contributed by atoms with E-state index in [0.717, 1.165) is 23.3 Å². The van der Waals surface area contributed by atoms with Gasteiger partial charge >= 0.3 is 6.18 Å². The second kappa shape index (κ2) is 7.47. The number of piperidine rings is 1. The predicted molar refractivity (Wildman–Crippen MR) is 110 cm³/mol. The zero-order valence-electron chi connectivity index (χ0n) is 16.8. The SMILES string of the molecule is Cn1cc(CN2C(=O)C[C@@H]3CCN(c4ncnc5sc(CC(F)(F)F)cc45)C[C@@H]32)cn1. The van der Waals surface area contributed by atoms with Crippen LogP contribution in [0.1, 0.15) is 23.3 Å². The Kier molecular flexibility index (Phi) is 4.87. The number of hydrogen-bond acceptors (Lipinski definition) is 6. The van der Waals surface area contributed by atoms with Crippen molar-refractivity contribution in [2.24, 2.45) is 13.0 Å². The molecule has 3 aromatic heterocycles. The van der Waals surface area contributed by atoms with E-state index in [1.807, 2.05) is 18.1 Å². The number of carbonyl (C=O) groups is 1. The average molecular weight is 450 g/mol. The minimum Gasteiger partial charge on any atom is -0.354 e. The van der Waals surface area contributed by atoms with E-state index in [4.69, 9.17) is 0 Å².